The molecule has 1 aliphatic carbocycles. The molecule has 1 aromatic heterocycles. The summed E-state index contributed by atoms with van der Waals surface area (Å²) in [5.41, 5.74) is 0.502. The van der Waals surface area contributed by atoms with Gasteiger partial charge in [-0.25, -0.2) is 0 Å². The maximum atomic E-state index is 3.55. The van der Waals surface area contributed by atoms with Gasteiger partial charge in [0.25, 0.3) is 0 Å². The molecule has 1 aliphatic rings. The Kier molecular flexibility index (Phi) is 4.32. The summed E-state index contributed by atoms with van der Waals surface area (Å²) in [5.74, 6) is 0.813. The number of hydrogen-bond acceptors (Lipinski definition) is 2. The van der Waals surface area contributed by atoms with E-state index in [1.165, 1.54) is 35.0 Å². The van der Waals surface area contributed by atoms with Crippen molar-refractivity contribution in [3.05, 3.63) is 20.8 Å². The van der Waals surface area contributed by atoms with E-state index >= 15 is 0 Å². The molecule has 0 spiro atoms. The highest BCUT2D eigenvalue weighted by atomic mass is 79.9. The summed E-state index contributed by atoms with van der Waals surface area (Å²) >= 11 is 5.41. The smallest absolute Gasteiger partial charge is 0.0285 e. The molecular weight excluding hydrogens is 294 g/mol. The predicted molar refractivity (Wildman–Crippen MR) is 79.7 cm³/mol. The van der Waals surface area contributed by atoms with E-state index in [2.05, 4.69) is 53.6 Å². The quantitative estimate of drug-likeness (QED) is 0.864. The van der Waals surface area contributed by atoms with Crippen molar-refractivity contribution in [2.75, 3.05) is 7.05 Å². The van der Waals surface area contributed by atoms with Gasteiger partial charge >= 0.3 is 0 Å². The summed E-state index contributed by atoms with van der Waals surface area (Å²) < 4.78 is 1.22. The lowest BCUT2D eigenvalue weighted by atomic mass is 9.76. The number of rotatable bonds is 4. The Balaban J connectivity index is 2.06. The molecule has 96 valence electrons. The van der Waals surface area contributed by atoms with Gasteiger partial charge in [0.05, 0.1) is 0 Å². The zero-order valence-electron chi connectivity index (χ0n) is 10.9. The van der Waals surface area contributed by atoms with Gasteiger partial charge in [0.15, 0.2) is 0 Å². The van der Waals surface area contributed by atoms with Gasteiger partial charge in [-0.3, -0.25) is 0 Å². The van der Waals surface area contributed by atoms with Crippen LogP contribution in [0.2, 0.25) is 0 Å². The minimum atomic E-state index is 0.502. The lowest BCUT2D eigenvalue weighted by Crippen LogP contribution is -2.40. The first kappa shape index (κ1) is 13.6. The van der Waals surface area contributed by atoms with Crippen LogP contribution >= 0.6 is 27.3 Å². The topological polar surface area (TPSA) is 12.0 Å². The van der Waals surface area contributed by atoms with Crippen molar-refractivity contribution >= 4 is 27.3 Å². The summed E-state index contributed by atoms with van der Waals surface area (Å²) in [6, 6.07) is 2.88. The van der Waals surface area contributed by atoms with E-state index in [0.717, 1.165) is 5.92 Å². The molecule has 2 unspecified atom stereocenters. The third-order valence-corrected chi connectivity index (χ3v) is 5.96. The summed E-state index contributed by atoms with van der Waals surface area (Å²) in [4.78, 5) is 1.49. The normalized spacial score (nSPS) is 25.1. The van der Waals surface area contributed by atoms with Crippen LogP contribution in [0.25, 0.3) is 0 Å². The molecule has 1 nitrogen and oxygen atoms in total. The summed E-state index contributed by atoms with van der Waals surface area (Å²) in [5, 5.41) is 5.73. The highest BCUT2D eigenvalue weighted by molar-refractivity contribution is 9.10. The third-order valence-electron chi connectivity index (χ3n) is 4.24. The maximum Gasteiger partial charge on any atom is 0.0285 e. The predicted octanol–water partition coefficient (Wildman–Crippen LogP) is 4.47. The molecule has 1 N–H and O–H groups in total. The van der Waals surface area contributed by atoms with E-state index in [9.17, 15) is 0 Å². The van der Waals surface area contributed by atoms with Crippen molar-refractivity contribution in [3.8, 4) is 0 Å². The zero-order valence-corrected chi connectivity index (χ0v) is 13.3. The van der Waals surface area contributed by atoms with E-state index < -0.39 is 0 Å². The number of halogens is 1. The lowest BCUT2D eigenvalue weighted by Gasteiger charge is -2.34. The van der Waals surface area contributed by atoms with Gasteiger partial charge in [-0.1, -0.05) is 20.3 Å². The van der Waals surface area contributed by atoms with Crippen LogP contribution in [-0.2, 0) is 6.42 Å². The van der Waals surface area contributed by atoms with Gasteiger partial charge < -0.3 is 5.32 Å². The Labute approximate surface area is 117 Å². The second-order valence-electron chi connectivity index (χ2n) is 5.82. The van der Waals surface area contributed by atoms with Crippen LogP contribution in [0, 0.1) is 11.3 Å². The van der Waals surface area contributed by atoms with Crippen LogP contribution < -0.4 is 5.32 Å². The molecule has 17 heavy (non-hydrogen) atoms. The van der Waals surface area contributed by atoms with Gasteiger partial charge in [0.1, 0.15) is 0 Å². The Hall–Kier alpha value is 0.140. The average molecular weight is 316 g/mol. The molecular formula is C14H22BrNS. The molecule has 2 atom stereocenters. The van der Waals surface area contributed by atoms with Crippen molar-refractivity contribution < 1.29 is 0 Å². The van der Waals surface area contributed by atoms with Gasteiger partial charge in [0, 0.05) is 20.8 Å². The first-order valence-corrected chi connectivity index (χ1v) is 8.10. The fourth-order valence-electron chi connectivity index (χ4n) is 3.22. The van der Waals surface area contributed by atoms with E-state index in [1.807, 2.05) is 11.3 Å². The van der Waals surface area contributed by atoms with Gasteiger partial charge in [0.2, 0.25) is 0 Å². The Morgan fingerprint density at radius 3 is 2.82 bits per heavy atom. The van der Waals surface area contributed by atoms with Crippen molar-refractivity contribution in [3.63, 3.8) is 0 Å². The molecule has 0 aliphatic heterocycles. The average Bonchev–Trinajstić information content (AvgIpc) is 2.81. The highest BCUT2D eigenvalue weighted by Crippen LogP contribution is 2.45. The largest absolute Gasteiger partial charge is 0.316 e. The SMILES string of the molecule is CNC(Cc1cc(Br)cs1)C1CCCC1(C)C. The van der Waals surface area contributed by atoms with Crippen molar-refractivity contribution in [2.45, 2.75) is 45.6 Å². The maximum absolute atomic E-state index is 3.55. The standard InChI is InChI=1S/C14H22BrNS/c1-14(2)6-4-5-12(14)13(16-3)8-11-7-10(15)9-17-11/h7,9,12-13,16H,4-6,8H2,1-3H3. The minimum absolute atomic E-state index is 0.502. The molecule has 1 saturated carbocycles. The van der Waals surface area contributed by atoms with Gasteiger partial charge in [-0.15, -0.1) is 11.3 Å². The summed E-state index contributed by atoms with van der Waals surface area (Å²) in [6.07, 6.45) is 5.32. The summed E-state index contributed by atoms with van der Waals surface area (Å²) in [6.45, 7) is 4.86. The number of likely N-dealkylation sites (N-methyl/N-ethyl adjacent to an activating group) is 1. The fourth-order valence-corrected chi connectivity index (χ4v) is 4.73. The van der Waals surface area contributed by atoms with Crippen LogP contribution in [0.4, 0.5) is 0 Å². The molecule has 3 heteroatoms. The molecule has 1 aromatic rings. The molecule has 2 rings (SSSR count). The Bertz CT molecular complexity index is 372. The molecule has 0 radical (unpaired) electrons. The van der Waals surface area contributed by atoms with E-state index in [1.54, 1.807) is 0 Å². The van der Waals surface area contributed by atoms with Crippen LogP contribution in [0.1, 0.15) is 38.0 Å². The fraction of sp³-hybridized carbons (Fsp3) is 0.714. The van der Waals surface area contributed by atoms with Crippen LogP contribution in [0.3, 0.4) is 0 Å². The van der Waals surface area contributed by atoms with Crippen molar-refractivity contribution in [2.24, 2.45) is 11.3 Å². The molecule has 0 bridgehead atoms. The molecule has 0 amide bonds. The number of nitrogens with one attached hydrogen (secondary N) is 1. The monoisotopic (exact) mass is 315 g/mol. The summed E-state index contributed by atoms with van der Waals surface area (Å²) in [7, 11) is 2.11. The Morgan fingerprint density at radius 1 is 1.59 bits per heavy atom. The first-order valence-electron chi connectivity index (χ1n) is 6.43. The van der Waals surface area contributed by atoms with E-state index in [4.69, 9.17) is 0 Å². The Morgan fingerprint density at radius 2 is 2.35 bits per heavy atom. The molecule has 0 saturated heterocycles. The molecule has 0 aromatic carbocycles. The molecule has 1 fully saturated rings. The van der Waals surface area contributed by atoms with Crippen LogP contribution in [-0.4, -0.2) is 13.1 Å². The second-order valence-corrected chi connectivity index (χ2v) is 7.73. The van der Waals surface area contributed by atoms with Crippen LogP contribution in [0.15, 0.2) is 15.9 Å². The number of hydrogen-bond donors (Lipinski definition) is 1. The van der Waals surface area contributed by atoms with E-state index in [-0.39, 0.29) is 0 Å². The van der Waals surface area contributed by atoms with Gasteiger partial charge in [-0.05, 0) is 59.6 Å². The minimum Gasteiger partial charge on any atom is -0.316 e. The molecule has 1 heterocycles. The van der Waals surface area contributed by atoms with Crippen molar-refractivity contribution in [1.82, 2.24) is 5.32 Å². The second kappa shape index (κ2) is 5.41. The highest BCUT2D eigenvalue weighted by Gasteiger charge is 2.38. The number of thiophene rings is 1. The van der Waals surface area contributed by atoms with Gasteiger partial charge in [-0.2, -0.15) is 0 Å². The first-order chi connectivity index (χ1) is 8.03. The zero-order chi connectivity index (χ0) is 12.5. The van der Waals surface area contributed by atoms with Crippen LogP contribution in [0.5, 0.6) is 0 Å². The van der Waals surface area contributed by atoms with E-state index in [0.29, 0.717) is 11.5 Å². The lowest BCUT2D eigenvalue weighted by molar-refractivity contribution is 0.202. The van der Waals surface area contributed by atoms with Crippen molar-refractivity contribution in [1.29, 1.82) is 0 Å². The third kappa shape index (κ3) is 3.12.